The summed E-state index contributed by atoms with van der Waals surface area (Å²) in [4.78, 5) is 25.4. The van der Waals surface area contributed by atoms with Gasteiger partial charge in [-0.05, 0) is 19.1 Å². The number of aryl methyl sites for hydroxylation is 1. The van der Waals surface area contributed by atoms with E-state index in [2.05, 4.69) is 43.0 Å². The zero-order chi connectivity index (χ0) is 19.8. The molecule has 1 aliphatic rings. The van der Waals surface area contributed by atoms with Gasteiger partial charge >= 0.3 is 0 Å². The Morgan fingerprint density at radius 3 is 2.57 bits per heavy atom. The van der Waals surface area contributed by atoms with Gasteiger partial charge in [-0.2, -0.15) is 0 Å². The van der Waals surface area contributed by atoms with Crippen LogP contribution in [0.2, 0.25) is 0 Å². The lowest BCUT2D eigenvalue weighted by Crippen LogP contribution is -2.52. The number of carbonyl (C=O) groups excluding carboxylic acids is 1. The lowest BCUT2D eigenvalue weighted by atomic mass is 10.2. The molecule has 28 heavy (non-hydrogen) atoms. The van der Waals surface area contributed by atoms with Crippen LogP contribution in [-0.4, -0.2) is 68.1 Å². The highest BCUT2D eigenvalue weighted by Crippen LogP contribution is 2.15. The van der Waals surface area contributed by atoms with Crippen molar-refractivity contribution in [3.63, 3.8) is 0 Å². The van der Waals surface area contributed by atoms with Gasteiger partial charge in [-0.1, -0.05) is 18.2 Å². The van der Waals surface area contributed by atoms with E-state index in [9.17, 15) is 4.79 Å². The number of carbonyl (C=O) groups is 1. The van der Waals surface area contributed by atoms with Gasteiger partial charge < -0.3 is 20.4 Å². The normalized spacial score (nSPS) is 14.9. The summed E-state index contributed by atoms with van der Waals surface area (Å²) < 4.78 is 0. The molecule has 0 aliphatic carbocycles. The Kier molecular flexibility index (Phi) is 7.25. The number of amides is 1. The van der Waals surface area contributed by atoms with E-state index in [0.717, 1.165) is 49.8 Å². The van der Waals surface area contributed by atoms with E-state index in [1.165, 1.54) is 5.69 Å². The minimum Gasteiger partial charge on any atom is -0.368 e. The first-order valence-corrected chi connectivity index (χ1v) is 10.5. The van der Waals surface area contributed by atoms with Crippen molar-refractivity contribution in [3.05, 3.63) is 46.4 Å². The smallest absolute Gasteiger partial charge is 0.242 e. The lowest BCUT2D eigenvalue weighted by Gasteiger charge is -2.36. The minimum absolute atomic E-state index is 0.103. The fourth-order valence-electron chi connectivity index (χ4n) is 3.18. The largest absolute Gasteiger partial charge is 0.368 e. The predicted octanol–water partition coefficient (Wildman–Crippen LogP) is 1.51. The topological polar surface area (TPSA) is 72.9 Å². The molecular formula is C20H28N6OS. The number of hydrogen-bond acceptors (Lipinski definition) is 5. The third-order valence-electron chi connectivity index (χ3n) is 4.72. The highest BCUT2D eigenvalue weighted by Gasteiger charge is 2.21. The third kappa shape index (κ3) is 5.69. The van der Waals surface area contributed by atoms with Gasteiger partial charge in [-0.15, -0.1) is 11.3 Å². The fourth-order valence-corrected chi connectivity index (χ4v) is 3.82. The van der Waals surface area contributed by atoms with E-state index >= 15 is 0 Å². The summed E-state index contributed by atoms with van der Waals surface area (Å²) in [5.41, 5.74) is 2.30. The number of benzene rings is 1. The van der Waals surface area contributed by atoms with Crippen LogP contribution in [0.3, 0.4) is 0 Å². The first-order chi connectivity index (χ1) is 13.7. The number of rotatable bonds is 6. The molecule has 8 heteroatoms. The Morgan fingerprint density at radius 2 is 1.93 bits per heavy atom. The molecule has 3 rings (SSSR count). The number of guanidine groups is 1. The van der Waals surface area contributed by atoms with Crippen LogP contribution in [0.25, 0.3) is 0 Å². The molecule has 0 saturated carbocycles. The Morgan fingerprint density at radius 1 is 1.18 bits per heavy atom. The summed E-state index contributed by atoms with van der Waals surface area (Å²) in [6.45, 7) is 6.18. The molecule has 0 radical (unpaired) electrons. The van der Waals surface area contributed by atoms with Gasteiger partial charge in [0, 0.05) is 57.3 Å². The molecule has 0 unspecified atom stereocenters. The van der Waals surface area contributed by atoms with E-state index in [1.807, 2.05) is 30.0 Å². The standard InChI is InChI=1S/C20H28N6OS/c1-16-24-17(15-28-16)8-9-22-20(21-2)23-14-19(27)26-12-10-25(11-13-26)18-6-4-3-5-7-18/h3-7,15H,8-14H2,1-2H3,(H2,21,22,23). The second-order valence-corrected chi connectivity index (χ2v) is 7.73. The monoisotopic (exact) mass is 400 g/mol. The molecule has 2 heterocycles. The van der Waals surface area contributed by atoms with Gasteiger partial charge in [0.2, 0.25) is 5.91 Å². The molecule has 1 amide bonds. The van der Waals surface area contributed by atoms with Crippen molar-refractivity contribution in [1.82, 2.24) is 20.5 Å². The first kappa shape index (κ1) is 20.1. The van der Waals surface area contributed by atoms with Crippen LogP contribution in [0.5, 0.6) is 0 Å². The van der Waals surface area contributed by atoms with Crippen molar-refractivity contribution in [2.45, 2.75) is 13.3 Å². The Bertz CT molecular complexity index is 783. The second kappa shape index (κ2) is 10.1. The number of piperazine rings is 1. The van der Waals surface area contributed by atoms with Crippen molar-refractivity contribution in [2.75, 3.05) is 51.2 Å². The number of aliphatic imine (C=N–C) groups is 1. The van der Waals surface area contributed by atoms with Crippen LogP contribution in [0.1, 0.15) is 10.7 Å². The molecule has 1 aromatic heterocycles. The maximum absolute atomic E-state index is 12.5. The molecule has 150 valence electrons. The van der Waals surface area contributed by atoms with Gasteiger partial charge in [0.05, 0.1) is 17.2 Å². The van der Waals surface area contributed by atoms with Gasteiger partial charge in [0.15, 0.2) is 5.96 Å². The number of anilines is 1. The highest BCUT2D eigenvalue weighted by molar-refractivity contribution is 7.09. The number of para-hydroxylation sites is 1. The van der Waals surface area contributed by atoms with Crippen LogP contribution in [0.15, 0.2) is 40.7 Å². The number of nitrogens with one attached hydrogen (secondary N) is 2. The number of aromatic nitrogens is 1. The molecular weight excluding hydrogens is 372 g/mol. The first-order valence-electron chi connectivity index (χ1n) is 9.59. The zero-order valence-electron chi connectivity index (χ0n) is 16.5. The Balaban J connectivity index is 1.37. The summed E-state index contributed by atoms with van der Waals surface area (Å²) in [5.74, 6) is 0.744. The van der Waals surface area contributed by atoms with E-state index in [4.69, 9.17) is 0 Å². The average molecular weight is 401 g/mol. The van der Waals surface area contributed by atoms with Gasteiger partial charge in [0.1, 0.15) is 0 Å². The zero-order valence-corrected chi connectivity index (χ0v) is 17.3. The maximum Gasteiger partial charge on any atom is 0.242 e. The van der Waals surface area contributed by atoms with Crippen LogP contribution in [-0.2, 0) is 11.2 Å². The van der Waals surface area contributed by atoms with Crippen LogP contribution < -0.4 is 15.5 Å². The number of nitrogens with zero attached hydrogens (tertiary/aromatic N) is 4. The fraction of sp³-hybridized carbons (Fsp3) is 0.450. The molecule has 0 atom stereocenters. The van der Waals surface area contributed by atoms with Crippen molar-refractivity contribution in [1.29, 1.82) is 0 Å². The van der Waals surface area contributed by atoms with Crippen molar-refractivity contribution >= 4 is 28.9 Å². The second-order valence-electron chi connectivity index (χ2n) is 6.66. The molecule has 1 aliphatic heterocycles. The molecule has 1 aromatic carbocycles. The van der Waals surface area contributed by atoms with E-state index in [1.54, 1.807) is 18.4 Å². The van der Waals surface area contributed by atoms with Crippen LogP contribution in [0.4, 0.5) is 5.69 Å². The third-order valence-corrected chi connectivity index (χ3v) is 5.55. The summed E-state index contributed by atoms with van der Waals surface area (Å²) in [5, 5.41) is 9.51. The van der Waals surface area contributed by atoms with Gasteiger partial charge in [-0.3, -0.25) is 9.79 Å². The average Bonchev–Trinajstić information content (AvgIpc) is 3.16. The predicted molar refractivity (Wildman–Crippen MR) is 115 cm³/mol. The molecule has 0 bridgehead atoms. The summed E-state index contributed by atoms with van der Waals surface area (Å²) in [7, 11) is 1.71. The van der Waals surface area contributed by atoms with Gasteiger partial charge in [-0.25, -0.2) is 4.98 Å². The molecule has 1 fully saturated rings. The Labute approximate surface area is 170 Å². The van der Waals surface area contributed by atoms with Crippen molar-refractivity contribution in [3.8, 4) is 0 Å². The molecule has 7 nitrogen and oxygen atoms in total. The quantitative estimate of drug-likeness (QED) is 0.568. The maximum atomic E-state index is 12.5. The van der Waals surface area contributed by atoms with E-state index in [0.29, 0.717) is 5.96 Å². The number of hydrogen-bond donors (Lipinski definition) is 2. The molecule has 0 spiro atoms. The lowest BCUT2D eigenvalue weighted by molar-refractivity contribution is -0.130. The molecule has 2 N–H and O–H groups in total. The van der Waals surface area contributed by atoms with E-state index < -0.39 is 0 Å². The minimum atomic E-state index is 0.103. The highest BCUT2D eigenvalue weighted by atomic mass is 32.1. The van der Waals surface area contributed by atoms with Gasteiger partial charge in [0.25, 0.3) is 0 Å². The van der Waals surface area contributed by atoms with Crippen molar-refractivity contribution in [2.24, 2.45) is 4.99 Å². The summed E-state index contributed by atoms with van der Waals surface area (Å²) in [6, 6.07) is 10.3. The number of thiazole rings is 1. The molecule has 2 aromatic rings. The SMILES string of the molecule is CN=C(NCCc1csc(C)n1)NCC(=O)N1CCN(c2ccccc2)CC1. The summed E-state index contributed by atoms with van der Waals surface area (Å²) >= 11 is 1.66. The van der Waals surface area contributed by atoms with E-state index in [-0.39, 0.29) is 12.5 Å². The summed E-state index contributed by atoms with van der Waals surface area (Å²) in [6.07, 6.45) is 0.834. The van der Waals surface area contributed by atoms with Crippen LogP contribution >= 0.6 is 11.3 Å². The molecule has 1 saturated heterocycles. The van der Waals surface area contributed by atoms with Crippen LogP contribution in [0, 0.1) is 6.92 Å². The van der Waals surface area contributed by atoms with Crippen molar-refractivity contribution < 1.29 is 4.79 Å². The Hall–Kier alpha value is -2.61.